The molecule has 1 saturated carbocycles. The third kappa shape index (κ3) is 3.82. The van der Waals surface area contributed by atoms with Crippen LogP contribution in [0.5, 0.6) is 0 Å². The number of benzene rings is 1. The molecule has 0 heterocycles. The van der Waals surface area contributed by atoms with Gasteiger partial charge in [-0.2, -0.15) is 0 Å². The van der Waals surface area contributed by atoms with Crippen LogP contribution in [0.2, 0.25) is 0 Å². The largest absolute Gasteiger partial charge is 0.341 e. The minimum Gasteiger partial charge on any atom is -0.341 e. The molecule has 1 aromatic rings. The van der Waals surface area contributed by atoms with Crippen LogP contribution in [0.1, 0.15) is 44.1 Å². The Labute approximate surface area is 126 Å². The second-order valence-corrected chi connectivity index (χ2v) is 6.19. The molecule has 0 unspecified atom stereocenters. The summed E-state index contributed by atoms with van der Waals surface area (Å²) in [4.78, 5) is 14.6. The van der Waals surface area contributed by atoms with Gasteiger partial charge in [0.05, 0.1) is 5.41 Å². The van der Waals surface area contributed by atoms with Crippen LogP contribution >= 0.6 is 0 Å². The summed E-state index contributed by atoms with van der Waals surface area (Å²) in [5.74, 6) is -0.119. The van der Waals surface area contributed by atoms with Crippen molar-refractivity contribution < 1.29 is 9.18 Å². The van der Waals surface area contributed by atoms with Crippen LogP contribution in [0.25, 0.3) is 0 Å². The Kier molecular flexibility index (Phi) is 5.34. The SMILES string of the molecule is CN(Cc1ccc(F)cc1)C(=O)C1(CN)CCCCCC1. The molecule has 1 fully saturated rings. The van der Waals surface area contributed by atoms with E-state index in [0.29, 0.717) is 13.1 Å². The summed E-state index contributed by atoms with van der Waals surface area (Å²) >= 11 is 0. The molecule has 0 aliphatic heterocycles. The topological polar surface area (TPSA) is 46.3 Å². The molecule has 116 valence electrons. The predicted molar refractivity (Wildman–Crippen MR) is 82.1 cm³/mol. The number of nitrogens with two attached hydrogens (primary N) is 1. The van der Waals surface area contributed by atoms with Gasteiger partial charge >= 0.3 is 0 Å². The molecule has 21 heavy (non-hydrogen) atoms. The van der Waals surface area contributed by atoms with E-state index in [0.717, 1.165) is 31.2 Å². The maximum atomic E-state index is 12.9. The van der Waals surface area contributed by atoms with Crippen molar-refractivity contribution in [3.05, 3.63) is 35.6 Å². The van der Waals surface area contributed by atoms with Crippen molar-refractivity contribution in [3.8, 4) is 0 Å². The minimum absolute atomic E-state index is 0.135. The van der Waals surface area contributed by atoms with E-state index < -0.39 is 5.41 Å². The molecule has 0 atom stereocenters. The first-order valence-corrected chi connectivity index (χ1v) is 7.77. The fraction of sp³-hybridized carbons (Fsp3) is 0.588. The number of rotatable bonds is 4. The molecule has 1 aliphatic carbocycles. The Hall–Kier alpha value is -1.42. The smallest absolute Gasteiger partial charge is 0.230 e. The molecule has 2 N–H and O–H groups in total. The van der Waals surface area contributed by atoms with Gasteiger partial charge in [-0.1, -0.05) is 37.8 Å². The highest BCUT2D eigenvalue weighted by Gasteiger charge is 2.38. The van der Waals surface area contributed by atoms with Gasteiger partial charge in [-0.15, -0.1) is 0 Å². The van der Waals surface area contributed by atoms with Crippen molar-refractivity contribution in [2.45, 2.75) is 45.1 Å². The summed E-state index contributed by atoms with van der Waals surface area (Å²) in [6, 6.07) is 6.30. The summed E-state index contributed by atoms with van der Waals surface area (Å²) in [6.45, 7) is 0.917. The average Bonchev–Trinajstić information content (AvgIpc) is 2.75. The molecule has 0 saturated heterocycles. The van der Waals surface area contributed by atoms with Gasteiger partial charge in [0.1, 0.15) is 5.82 Å². The number of halogens is 1. The Morgan fingerprint density at radius 3 is 2.29 bits per heavy atom. The quantitative estimate of drug-likeness (QED) is 0.867. The second-order valence-electron chi connectivity index (χ2n) is 6.19. The molecule has 0 bridgehead atoms. The van der Waals surface area contributed by atoms with Gasteiger partial charge in [0.25, 0.3) is 0 Å². The van der Waals surface area contributed by atoms with Gasteiger partial charge in [0.2, 0.25) is 5.91 Å². The van der Waals surface area contributed by atoms with Crippen LogP contribution in [-0.4, -0.2) is 24.4 Å². The predicted octanol–water partition coefficient (Wildman–Crippen LogP) is 3.08. The number of amides is 1. The van der Waals surface area contributed by atoms with E-state index in [4.69, 9.17) is 5.73 Å². The Morgan fingerprint density at radius 2 is 1.76 bits per heavy atom. The maximum absolute atomic E-state index is 12.9. The normalized spacial score (nSPS) is 18.0. The first-order valence-electron chi connectivity index (χ1n) is 7.77. The maximum Gasteiger partial charge on any atom is 0.230 e. The van der Waals surface area contributed by atoms with E-state index in [9.17, 15) is 9.18 Å². The molecule has 1 amide bonds. The van der Waals surface area contributed by atoms with Crippen molar-refractivity contribution in [1.29, 1.82) is 0 Å². The third-order valence-electron chi connectivity index (χ3n) is 4.58. The standard InChI is InChI=1S/C17H25FN2O/c1-20(12-14-6-8-15(18)9-7-14)16(21)17(13-19)10-4-2-3-5-11-17/h6-9H,2-5,10-13,19H2,1H3. The molecule has 4 heteroatoms. The highest BCUT2D eigenvalue weighted by atomic mass is 19.1. The van der Waals surface area contributed by atoms with E-state index >= 15 is 0 Å². The second kappa shape index (κ2) is 7.03. The first-order chi connectivity index (χ1) is 10.1. The van der Waals surface area contributed by atoms with Crippen LogP contribution in [-0.2, 0) is 11.3 Å². The van der Waals surface area contributed by atoms with Gasteiger partial charge in [-0.3, -0.25) is 4.79 Å². The molecule has 1 aliphatic rings. The first kappa shape index (κ1) is 16.0. The molecule has 0 aromatic heterocycles. The van der Waals surface area contributed by atoms with Crippen molar-refractivity contribution in [3.63, 3.8) is 0 Å². The van der Waals surface area contributed by atoms with Crippen molar-refractivity contribution in [1.82, 2.24) is 4.90 Å². The zero-order valence-corrected chi connectivity index (χ0v) is 12.8. The van der Waals surface area contributed by atoms with E-state index in [-0.39, 0.29) is 11.7 Å². The Bertz CT molecular complexity index is 464. The van der Waals surface area contributed by atoms with Gasteiger partial charge in [-0.25, -0.2) is 4.39 Å². The van der Waals surface area contributed by atoms with Crippen molar-refractivity contribution >= 4 is 5.91 Å². The minimum atomic E-state index is -0.398. The Balaban J connectivity index is 2.07. The molecule has 0 radical (unpaired) electrons. The molecule has 0 spiro atoms. The summed E-state index contributed by atoms with van der Waals surface area (Å²) < 4.78 is 12.9. The van der Waals surface area contributed by atoms with Crippen molar-refractivity contribution in [2.24, 2.45) is 11.1 Å². The lowest BCUT2D eigenvalue weighted by Gasteiger charge is -2.34. The fourth-order valence-electron chi connectivity index (χ4n) is 3.25. The van der Waals surface area contributed by atoms with Gasteiger partial charge < -0.3 is 10.6 Å². The van der Waals surface area contributed by atoms with E-state index in [2.05, 4.69) is 0 Å². The number of hydrogen-bond donors (Lipinski definition) is 1. The monoisotopic (exact) mass is 292 g/mol. The van der Waals surface area contributed by atoms with E-state index in [1.807, 2.05) is 7.05 Å². The highest BCUT2D eigenvalue weighted by molar-refractivity contribution is 5.82. The number of nitrogens with zero attached hydrogens (tertiary/aromatic N) is 1. The van der Waals surface area contributed by atoms with Gasteiger partial charge in [0.15, 0.2) is 0 Å². The average molecular weight is 292 g/mol. The van der Waals surface area contributed by atoms with Gasteiger partial charge in [-0.05, 0) is 30.5 Å². The lowest BCUT2D eigenvalue weighted by molar-refractivity contribution is -0.141. The summed E-state index contributed by atoms with van der Waals surface area (Å²) in [7, 11) is 1.81. The number of hydrogen-bond acceptors (Lipinski definition) is 2. The van der Waals surface area contributed by atoms with Crippen molar-refractivity contribution in [2.75, 3.05) is 13.6 Å². The number of carbonyl (C=O) groups excluding carboxylic acids is 1. The van der Waals surface area contributed by atoms with Crippen LogP contribution in [0.4, 0.5) is 4.39 Å². The zero-order valence-electron chi connectivity index (χ0n) is 12.8. The molecule has 2 rings (SSSR count). The fourth-order valence-corrected chi connectivity index (χ4v) is 3.25. The molecular weight excluding hydrogens is 267 g/mol. The highest BCUT2D eigenvalue weighted by Crippen LogP contribution is 2.36. The zero-order chi connectivity index (χ0) is 15.3. The Morgan fingerprint density at radius 1 is 1.19 bits per heavy atom. The summed E-state index contributed by atoms with van der Waals surface area (Å²) in [6.07, 6.45) is 6.31. The summed E-state index contributed by atoms with van der Waals surface area (Å²) in [5, 5.41) is 0. The molecule has 3 nitrogen and oxygen atoms in total. The van der Waals surface area contributed by atoms with E-state index in [1.54, 1.807) is 17.0 Å². The number of carbonyl (C=O) groups is 1. The van der Waals surface area contributed by atoms with Crippen LogP contribution in [0, 0.1) is 11.2 Å². The molecular formula is C17H25FN2O. The van der Waals surface area contributed by atoms with Crippen LogP contribution in [0.15, 0.2) is 24.3 Å². The van der Waals surface area contributed by atoms with Crippen LogP contribution in [0.3, 0.4) is 0 Å². The lowest BCUT2D eigenvalue weighted by atomic mass is 9.79. The van der Waals surface area contributed by atoms with E-state index in [1.165, 1.54) is 25.0 Å². The lowest BCUT2D eigenvalue weighted by Crippen LogP contribution is -2.46. The molecule has 1 aromatic carbocycles. The summed E-state index contributed by atoms with van der Waals surface area (Å²) in [5.41, 5.74) is 6.50. The van der Waals surface area contributed by atoms with Crippen LogP contribution < -0.4 is 5.73 Å². The third-order valence-corrected chi connectivity index (χ3v) is 4.58. The van der Waals surface area contributed by atoms with Gasteiger partial charge in [0, 0.05) is 20.1 Å².